The zero-order valence-electron chi connectivity index (χ0n) is 6.93. The highest BCUT2D eigenvalue weighted by Crippen LogP contribution is 2.29. The maximum Gasteiger partial charge on any atom is 0.321 e. The molecule has 2 heterocycles. The Hall–Kier alpha value is -1.24. The van der Waals surface area contributed by atoms with Crippen molar-refractivity contribution in [1.29, 1.82) is 0 Å². The second kappa shape index (κ2) is 3.16. The van der Waals surface area contributed by atoms with Gasteiger partial charge in [0.05, 0.1) is 24.0 Å². The first-order chi connectivity index (χ1) is 6.58. The second-order valence-corrected chi connectivity index (χ2v) is 4.36. The third-order valence-corrected chi connectivity index (χ3v) is 3.48. The Morgan fingerprint density at radius 1 is 1.14 bits per heavy atom. The maximum atomic E-state index is 11.2. The van der Waals surface area contributed by atoms with Crippen LogP contribution in [0.4, 0.5) is 0 Å². The smallest absolute Gasteiger partial charge is 0.321 e. The molecule has 76 valence electrons. The predicted molar refractivity (Wildman–Crippen MR) is 41.8 cm³/mol. The highest BCUT2D eigenvalue weighted by Gasteiger charge is 2.47. The quantitative estimate of drug-likeness (QED) is 0.417. The van der Waals surface area contributed by atoms with Crippen LogP contribution in [-0.2, 0) is 34.4 Å². The van der Waals surface area contributed by atoms with Crippen LogP contribution in [0.5, 0.6) is 0 Å². The number of hydrogen-bond acceptors (Lipinski definition) is 6. The van der Waals surface area contributed by atoms with Crippen molar-refractivity contribution in [3.63, 3.8) is 0 Å². The summed E-state index contributed by atoms with van der Waals surface area (Å²) >= 11 is -1.82. The van der Waals surface area contributed by atoms with Gasteiger partial charge < -0.3 is 8.92 Å². The van der Waals surface area contributed by atoms with Crippen molar-refractivity contribution in [2.75, 3.05) is 0 Å². The van der Waals surface area contributed by atoms with Crippen molar-refractivity contribution >= 4 is 29.0 Å². The first kappa shape index (κ1) is 9.32. The van der Waals surface area contributed by atoms with Crippen molar-refractivity contribution in [3.05, 3.63) is 0 Å². The average molecular weight is 218 g/mol. The van der Waals surface area contributed by atoms with E-state index in [2.05, 4.69) is 8.92 Å². The summed E-state index contributed by atoms with van der Waals surface area (Å²) in [7, 11) is 0. The van der Waals surface area contributed by atoms with Gasteiger partial charge in [-0.05, 0) is 0 Å². The van der Waals surface area contributed by atoms with Gasteiger partial charge in [-0.2, -0.15) is 0 Å². The molecule has 0 aliphatic carbocycles. The number of ether oxygens (including phenoxy) is 1. The van der Waals surface area contributed by atoms with Crippen LogP contribution < -0.4 is 0 Å². The van der Waals surface area contributed by atoms with Crippen molar-refractivity contribution in [2.45, 2.75) is 18.1 Å². The van der Waals surface area contributed by atoms with Crippen LogP contribution >= 0.6 is 0 Å². The topological polar surface area (TPSA) is 86.7 Å². The van der Waals surface area contributed by atoms with Crippen LogP contribution in [-0.4, -0.2) is 27.4 Å². The van der Waals surface area contributed by atoms with E-state index >= 15 is 0 Å². The van der Waals surface area contributed by atoms with Crippen LogP contribution in [0.1, 0.15) is 12.8 Å². The molecule has 0 spiro atoms. The first-order valence-electron chi connectivity index (χ1n) is 3.94. The molecule has 3 unspecified atom stereocenters. The monoisotopic (exact) mass is 218 g/mol. The van der Waals surface area contributed by atoms with Crippen molar-refractivity contribution < 1.29 is 27.5 Å². The number of hydrogen-bond donors (Lipinski definition) is 0. The van der Waals surface area contributed by atoms with Gasteiger partial charge in [0.2, 0.25) is 11.1 Å². The number of carbonyl (C=O) groups excluding carboxylic acids is 3. The van der Waals surface area contributed by atoms with Crippen molar-refractivity contribution in [2.24, 2.45) is 5.92 Å². The highest BCUT2D eigenvalue weighted by molar-refractivity contribution is 7.81. The molecule has 0 radical (unpaired) electrons. The summed E-state index contributed by atoms with van der Waals surface area (Å²) in [4.78, 5) is 32.6. The summed E-state index contributed by atoms with van der Waals surface area (Å²) in [6.45, 7) is 0. The van der Waals surface area contributed by atoms with Gasteiger partial charge in [-0.3, -0.25) is 14.4 Å². The van der Waals surface area contributed by atoms with Gasteiger partial charge in [0.25, 0.3) is 0 Å². The van der Waals surface area contributed by atoms with Gasteiger partial charge in [0.1, 0.15) is 0 Å². The lowest BCUT2D eigenvalue weighted by molar-refractivity contribution is -0.153. The molecule has 3 atom stereocenters. The summed E-state index contributed by atoms with van der Waals surface area (Å²) in [5.41, 5.74) is 0. The molecular weight excluding hydrogens is 212 g/mol. The molecule has 0 bridgehead atoms. The van der Waals surface area contributed by atoms with Gasteiger partial charge >= 0.3 is 17.9 Å². The minimum atomic E-state index is -1.82. The van der Waals surface area contributed by atoms with Crippen LogP contribution in [0.15, 0.2) is 0 Å². The molecular formula is C7H6O6S. The van der Waals surface area contributed by atoms with Gasteiger partial charge in [-0.15, -0.1) is 0 Å². The molecule has 2 aliphatic rings. The molecule has 7 heteroatoms. The molecule has 0 amide bonds. The summed E-state index contributed by atoms with van der Waals surface area (Å²) in [5, 5.41) is -0.735. The van der Waals surface area contributed by atoms with Gasteiger partial charge in [-0.25, -0.2) is 4.21 Å². The Morgan fingerprint density at radius 2 is 1.86 bits per heavy atom. The Labute approximate surface area is 81.2 Å². The maximum absolute atomic E-state index is 11.2. The van der Waals surface area contributed by atoms with Crippen LogP contribution in [0.3, 0.4) is 0 Å². The minimum absolute atomic E-state index is 0.0976. The largest absolute Gasteiger partial charge is 0.393 e. The molecule has 2 saturated heterocycles. The van der Waals surface area contributed by atoms with Gasteiger partial charge in [0, 0.05) is 0 Å². The van der Waals surface area contributed by atoms with Crippen LogP contribution in [0.2, 0.25) is 0 Å². The SMILES string of the molecule is O=C1CC(C2CC(=O)OS2=O)C(=O)O1. The molecule has 6 nitrogen and oxygen atoms in total. The third-order valence-electron chi connectivity index (χ3n) is 2.14. The Balaban J connectivity index is 2.16. The fraction of sp³-hybridized carbons (Fsp3) is 0.571. The second-order valence-electron chi connectivity index (χ2n) is 3.06. The van der Waals surface area contributed by atoms with E-state index in [4.69, 9.17) is 0 Å². The number of esters is 2. The summed E-state index contributed by atoms with van der Waals surface area (Å²) < 4.78 is 19.8. The summed E-state index contributed by atoms with van der Waals surface area (Å²) in [5.74, 6) is -2.77. The standard InChI is InChI=1S/C7H6O6S/c8-5-1-3(7(10)12-5)4-2-6(9)13-14(4)11/h3-4H,1-2H2. The number of carbonyl (C=O) groups is 3. The lowest BCUT2D eigenvalue weighted by Gasteiger charge is -2.07. The lowest BCUT2D eigenvalue weighted by atomic mass is 10.0. The van der Waals surface area contributed by atoms with Crippen LogP contribution in [0, 0.1) is 5.92 Å². The van der Waals surface area contributed by atoms with E-state index < -0.39 is 40.2 Å². The lowest BCUT2D eigenvalue weighted by Crippen LogP contribution is -2.25. The normalized spacial score (nSPS) is 37.1. The molecule has 2 fully saturated rings. The highest BCUT2D eigenvalue weighted by atomic mass is 32.2. The van der Waals surface area contributed by atoms with Crippen molar-refractivity contribution in [1.82, 2.24) is 0 Å². The van der Waals surface area contributed by atoms with E-state index in [-0.39, 0.29) is 12.8 Å². The average Bonchev–Trinajstić information content (AvgIpc) is 2.55. The van der Waals surface area contributed by atoms with E-state index in [0.717, 1.165) is 0 Å². The van der Waals surface area contributed by atoms with E-state index in [9.17, 15) is 18.6 Å². The van der Waals surface area contributed by atoms with Crippen molar-refractivity contribution in [3.8, 4) is 0 Å². The summed E-state index contributed by atoms with van der Waals surface area (Å²) in [6.07, 6.45) is -0.217. The van der Waals surface area contributed by atoms with Gasteiger partial charge in [0.15, 0.2) is 0 Å². The number of cyclic esters (lactones) is 2. The Kier molecular flexibility index (Phi) is 2.10. The molecule has 2 rings (SSSR count). The molecule has 0 aromatic rings. The van der Waals surface area contributed by atoms with E-state index in [1.54, 1.807) is 0 Å². The summed E-state index contributed by atoms with van der Waals surface area (Å²) in [6, 6.07) is 0. The zero-order valence-corrected chi connectivity index (χ0v) is 7.74. The van der Waals surface area contributed by atoms with E-state index in [1.165, 1.54) is 0 Å². The zero-order chi connectivity index (χ0) is 10.3. The fourth-order valence-corrected chi connectivity index (χ4v) is 2.59. The first-order valence-corrected chi connectivity index (χ1v) is 5.08. The van der Waals surface area contributed by atoms with E-state index in [0.29, 0.717) is 0 Å². The molecule has 2 aliphatic heterocycles. The molecule has 0 saturated carbocycles. The van der Waals surface area contributed by atoms with Gasteiger partial charge in [-0.1, -0.05) is 0 Å². The number of rotatable bonds is 1. The third kappa shape index (κ3) is 1.43. The predicted octanol–water partition coefficient (Wildman–Crippen LogP) is -0.945. The fourth-order valence-electron chi connectivity index (χ4n) is 1.47. The van der Waals surface area contributed by atoms with Crippen LogP contribution in [0.25, 0.3) is 0 Å². The van der Waals surface area contributed by atoms with E-state index in [1.807, 2.05) is 0 Å². The Morgan fingerprint density at radius 3 is 2.29 bits per heavy atom. The molecule has 14 heavy (non-hydrogen) atoms. The molecule has 0 aromatic heterocycles. The molecule has 0 aromatic carbocycles. The minimum Gasteiger partial charge on any atom is -0.393 e. The Bertz CT molecular complexity index is 314. The molecule has 0 N–H and O–H groups in total.